The molecule has 1 aromatic rings. The third-order valence-corrected chi connectivity index (χ3v) is 6.21. The Balaban J connectivity index is 2.36. The molecule has 2 atom stereocenters. The largest absolute Gasteiger partial charge is 0.456 e. The number of hydrogen-bond acceptors (Lipinski definition) is 5. The van der Waals surface area contributed by atoms with E-state index in [0.717, 1.165) is 11.1 Å². The summed E-state index contributed by atoms with van der Waals surface area (Å²) in [5.41, 5.74) is 1.29. The Kier molecular flexibility index (Phi) is 5.66. The van der Waals surface area contributed by atoms with E-state index in [1.807, 2.05) is 31.2 Å². The van der Waals surface area contributed by atoms with Crippen LogP contribution in [0.4, 0.5) is 0 Å². The van der Waals surface area contributed by atoms with Gasteiger partial charge < -0.3 is 13.8 Å². The number of esters is 1. The van der Waals surface area contributed by atoms with Crippen molar-refractivity contribution in [3.8, 4) is 0 Å². The minimum absolute atomic E-state index is 0.0370. The van der Waals surface area contributed by atoms with Crippen molar-refractivity contribution < 1.29 is 23.1 Å². The van der Waals surface area contributed by atoms with Crippen LogP contribution in [0, 0.1) is 6.92 Å². The van der Waals surface area contributed by atoms with Gasteiger partial charge >= 0.3 is 13.6 Å². The number of rotatable bonds is 6. The summed E-state index contributed by atoms with van der Waals surface area (Å²) in [7, 11) is -3.50. The number of cyclic esters (lactones) is 1. The maximum atomic E-state index is 13.4. The Morgan fingerprint density at radius 1 is 1.09 bits per heavy atom. The summed E-state index contributed by atoms with van der Waals surface area (Å²) in [4.78, 5) is 11.9. The van der Waals surface area contributed by atoms with Gasteiger partial charge in [-0.3, -0.25) is 9.36 Å². The SMILES string of the molecule is Cc1ccc([C@@H]2OC(=O)C[C@H]2P(=O)(OC(C)C)OC(C)C)cc1. The number of aryl methyl sites for hydroxylation is 1. The molecule has 0 aromatic heterocycles. The maximum absolute atomic E-state index is 13.4. The van der Waals surface area contributed by atoms with Crippen LogP contribution < -0.4 is 0 Å². The molecule has 0 amide bonds. The molecule has 1 fully saturated rings. The van der Waals surface area contributed by atoms with Gasteiger partial charge in [-0.2, -0.15) is 0 Å². The molecule has 1 heterocycles. The van der Waals surface area contributed by atoms with Crippen LogP contribution in [0.15, 0.2) is 24.3 Å². The standard InChI is InChI=1S/C17H25O5P/c1-11(2)21-23(19,22-12(3)4)15-10-16(18)20-17(15)14-8-6-13(5)7-9-14/h6-9,11-12,15,17H,10H2,1-5H3/t15-,17+/m1/s1. The Labute approximate surface area is 137 Å². The van der Waals surface area contributed by atoms with Gasteiger partial charge in [0.25, 0.3) is 0 Å². The van der Waals surface area contributed by atoms with Gasteiger partial charge in [0, 0.05) is 0 Å². The molecule has 1 aromatic carbocycles. The second-order valence-corrected chi connectivity index (χ2v) is 8.61. The van der Waals surface area contributed by atoms with E-state index in [9.17, 15) is 9.36 Å². The summed E-state index contributed by atoms with van der Waals surface area (Å²) >= 11 is 0. The van der Waals surface area contributed by atoms with Gasteiger partial charge in [-0.05, 0) is 40.2 Å². The third-order valence-electron chi connectivity index (χ3n) is 3.51. The van der Waals surface area contributed by atoms with Crippen LogP contribution in [-0.2, 0) is 23.1 Å². The fourth-order valence-electron chi connectivity index (χ4n) is 2.64. The lowest BCUT2D eigenvalue weighted by Crippen LogP contribution is -2.21. The zero-order valence-corrected chi connectivity index (χ0v) is 15.2. The summed E-state index contributed by atoms with van der Waals surface area (Å²) in [5, 5.41) is 0. The molecule has 5 nitrogen and oxygen atoms in total. The number of carbonyl (C=O) groups excluding carboxylic acids is 1. The summed E-state index contributed by atoms with van der Waals surface area (Å²) in [5.74, 6) is -0.375. The zero-order valence-electron chi connectivity index (χ0n) is 14.3. The molecule has 0 N–H and O–H groups in total. The highest BCUT2D eigenvalue weighted by Crippen LogP contribution is 2.62. The molecule has 6 heteroatoms. The van der Waals surface area contributed by atoms with E-state index in [2.05, 4.69) is 0 Å². The fraction of sp³-hybridized carbons (Fsp3) is 0.588. The van der Waals surface area contributed by atoms with Crippen molar-refractivity contribution >= 4 is 13.6 Å². The minimum Gasteiger partial charge on any atom is -0.456 e. The molecule has 1 saturated heterocycles. The van der Waals surface area contributed by atoms with Gasteiger partial charge in [-0.25, -0.2) is 0 Å². The zero-order chi connectivity index (χ0) is 17.2. The average molecular weight is 340 g/mol. The third kappa shape index (κ3) is 4.43. The van der Waals surface area contributed by atoms with E-state index in [4.69, 9.17) is 13.8 Å². The molecule has 0 aliphatic carbocycles. The molecule has 1 aliphatic rings. The highest BCUT2D eigenvalue weighted by molar-refractivity contribution is 7.54. The molecular weight excluding hydrogens is 315 g/mol. The predicted molar refractivity (Wildman–Crippen MR) is 88.5 cm³/mol. The van der Waals surface area contributed by atoms with Gasteiger partial charge in [-0.1, -0.05) is 29.8 Å². The van der Waals surface area contributed by atoms with Gasteiger partial charge in [0.15, 0.2) is 0 Å². The molecule has 128 valence electrons. The lowest BCUT2D eigenvalue weighted by Gasteiger charge is -2.29. The van der Waals surface area contributed by atoms with E-state index in [0.29, 0.717) is 0 Å². The first kappa shape index (κ1) is 18.2. The molecule has 0 radical (unpaired) electrons. The average Bonchev–Trinajstić information content (AvgIpc) is 2.80. The molecule has 0 spiro atoms. The smallest absolute Gasteiger partial charge is 0.338 e. The Hall–Kier alpha value is -1.16. The summed E-state index contributed by atoms with van der Waals surface area (Å²) < 4.78 is 30.1. The molecule has 0 saturated carbocycles. The van der Waals surface area contributed by atoms with Gasteiger partial charge in [-0.15, -0.1) is 0 Å². The quantitative estimate of drug-likeness (QED) is 0.567. The number of hydrogen-bond donors (Lipinski definition) is 0. The van der Waals surface area contributed by atoms with E-state index >= 15 is 0 Å². The van der Waals surface area contributed by atoms with Gasteiger partial charge in [0.2, 0.25) is 0 Å². The topological polar surface area (TPSA) is 61.8 Å². The van der Waals surface area contributed by atoms with Crippen molar-refractivity contribution in [2.75, 3.05) is 0 Å². The number of carbonyl (C=O) groups is 1. The lowest BCUT2D eigenvalue weighted by molar-refractivity contribution is -0.141. The van der Waals surface area contributed by atoms with E-state index in [1.165, 1.54) is 0 Å². The van der Waals surface area contributed by atoms with Gasteiger partial charge in [0.1, 0.15) is 11.8 Å². The maximum Gasteiger partial charge on any atom is 0.338 e. The molecule has 0 unspecified atom stereocenters. The first-order valence-corrected chi connectivity index (χ1v) is 9.55. The molecule has 1 aliphatic heterocycles. The van der Waals surface area contributed by atoms with Crippen molar-refractivity contribution in [2.24, 2.45) is 0 Å². The second kappa shape index (κ2) is 7.16. The normalized spacial score (nSPS) is 22.0. The number of ether oxygens (including phenoxy) is 1. The van der Waals surface area contributed by atoms with E-state index in [1.54, 1.807) is 27.7 Å². The van der Waals surface area contributed by atoms with E-state index < -0.39 is 19.4 Å². The summed E-state index contributed by atoms with van der Waals surface area (Å²) in [6, 6.07) is 7.66. The van der Waals surface area contributed by atoms with Crippen molar-refractivity contribution in [3.63, 3.8) is 0 Å². The van der Waals surface area contributed by atoms with Crippen LogP contribution in [0.3, 0.4) is 0 Å². The monoisotopic (exact) mass is 340 g/mol. The van der Waals surface area contributed by atoms with Crippen molar-refractivity contribution in [2.45, 2.75) is 65.0 Å². The summed E-state index contributed by atoms with van der Waals surface area (Å²) in [6.45, 7) is 9.18. The van der Waals surface area contributed by atoms with Gasteiger partial charge in [0.05, 0.1) is 18.6 Å². The van der Waals surface area contributed by atoms with Crippen molar-refractivity contribution in [1.29, 1.82) is 0 Å². The van der Waals surface area contributed by atoms with Crippen molar-refractivity contribution in [3.05, 3.63) is 35.4 Å². The summed E-state index contributed by atoms with van der Waals surface area (Å²) in [6.07, 6.45) is -1.11. The van der Waals surface area contributed by atoms with Crippen LogP contribution >= 0.6 is 7.60 Å². The molecule has 23 heavy (non-hydrogen) atoms. The Bertz CT molecular complexity index is 580. The Morgan fingerprint density at radius 3 is 2.09 bits per heavy atom. The second-order valence-electron chi connectivity index (χ2n) is 6.44. The molecule has 2 rings (SSSR count). The van der Waals surface area contributed by atoms with Crippen LogP contribution in [0.2, 0.25) is 0 Å². The first-order valence-electron chi connectivity index (χ1n) is 7.94. The highest BCUT2D eigenvalue weighted by Gasteiger charge is 2.50. The van der Waals surface area contributed by atoms with Crippen LogP contribution in [0.5, 0.6) is 0 Å². The molecular formula is C17H25O5P. The lowest BCUT2D eigenvalue weighted by atomic mass is 10.0. The predicted octanol–water partition coefficient (Wildman–Crippen LogP) is 4.39. The highest BCUT2D eigenvalue weighted by atomic mass is 31.2. The Morgan fingerprint density at radius 2 is 1.61 bits per heavy atom. The minimum atomic E-state index is -3.50. The van der Waals surface area contributed by atoms with Crippen molar-refractivity contribution in [1.82, 2.24) is 0 Å². The van der Waals surface area contributed by atoms with Crippen LogP contribution in [-0.4, -0.2) is 23.8 Å². The fourth-order valence-corrected chi connectivity index (χ4v) is 5.11. The molecule has 0 bridgehead atoms. The van der Waals surface area contributed by atoms with Crippen LogP contribution in [0.1, 0.15) is 51.3 Å². The van der Waals surface area contributed by atoms with Crippen LogP contribution in [0.25, 0.3) is 0 Å². The number of benzene rings is 1. The van der Waals surface area contributed by atoms with E-state index in [-0.39, 0.29) is 24.6 Å². The first-order chi connectivity index (χ1) is 10.7.